The summed E-state index contributed by atoms with van der Waals surface area (Å²) >= 11 is 6.21. The van der Waals surface area contributed by atoms with E-state index in [1.54, 1.807) is 19.2 Å². The zero-order valence-corrected chi connectivity index (χ0v) is 11.0. The molecule has 2 rings (SSSR count). The highest BCUT2D eigenvalue weighted by Crippen LogP contribution is 2.30. The van der Waals surface area contributed by atoms with Crippen molar-refractivity contribution >= 4 is 28.8 Å². The number of nitrogen functional groups attached to an aromatic ring is 1. The van der Waals surface area contributed by atoms with E-state index in [1.165, 1.54) is 0 Å². The van der Waals surface area contributed by atoms with Crippen molar-refractivity contribution in [3.05, 3.63) is 40.9 Å². The van der Waals surface area contributed by atoms with Crippen molar-refractivity contribution in [2.75, 3.05) is 18.2 Å². The molecule has 2 aromatic rings. The summed E-state index contributed by atoms with van der Waals surface area (Å²) in [7, 11) is 1.56. The van der Waals surface area contributed by atoms with Crippen molar-refractivity contribution < 1.29 is 4.74 Å². The van der Waals surface area contributed by atoms with Gasteiger partial charge in [0.15, 0.2) is 5.82 Å². The summed E-state index contributed by atoms with van der Waals surface area (Å²) < 4.78 is 5.06. The maximum atomic E-state index is 6.21. The van der Waals surface area contributed by atoms with Gasteiger partial charge >= 0.3 is 0 Å². The molecule has 18 heavy (non-hydrogen) atoms. The highest BCUT2D eigenvalue weighted by molar-refractivity contribution is 6.34. The Morgan fingerprint density at radius 2 is 2.06 bits per heavy atom. The van der Waals surface area contributed by atoms with Crippen LogP contribution in [0.2, 0.25) is 5.02 Å². The number of aryl methyl sites for hydroxylation is 1. The molecule has 1 aromatic heterocycles. The monoisotopic (exact) mass is 263 g/mol. The predicted octanol–water partition coefficient (Wildman–Crippen LogP) is 3.38. The molecule has 3 N–H and O–H groups in total. The largest absolute Gasteiger partial charge is 0.481 e. The summed E-state index contributed by atoms with van der Waals surface area (Å²) in [5, 5.41) is 3.76. The minimum Gasteiger partial charge on any atom is -0.481 e. The molecule has 0 atom stereocenters. The second-order valence-corrected chi connectivity index (χ2v) is 4.23. The number of nitrogens with zero attached hydrogens (tertiary/aromatic N) is 1. The third-order valence-corrected chi connectivity index (χ3v) is 3.06. The fourth-order valence-corrected chi connectivity index (χ4v) is 1.71. The topological polar surface area (TPSA) is 60.2 Å². The minimum absolute atomic E-state index is 0.496. The average Bonchev–Trinajstić information content (AvgIpc) is 2.37. The van der Waals surface area contributed by atoms with E-state index < -0.39 is 0 Å². The van der Waals surface area contributed by atoms with Crippen molar-refractivity contribution in [2.45, 2.75) is 6.92 Å². The minimum atomic E-state index is 0.496. The number of nitrogens with two attached hydrogens (primary N) is 1. The van der Waals surface area contributed by atoms with E-state index in [1.807, 2.05) is 25.1 Å². The van der Waals surface area contributed by atoms with Crippen molar-refractivity contribution in [3.8, 4) is 5.88 Å². The van der Waals surface area contributed by atoms with Gasteiger partial charge in [-0.25, -0.2) is 0 Å². The van der Waals surface area contributed by atoms with Gasteiger partial charge in [0.2, 0.25) is 5.88 Å². The number of pyridine rings is 1. The SMILES string of the molecule is COc1ccc(N)c(Nc2cccc(C)c2Cl)n1. The molecule has 0 amide bonds. The van der Waals surface area contributed by atoms with Gasteiger partial charge in [0.25, 0.3) is 0 Å². The lowest BCUT2D eigenvalue weighted by atomic mass is 10.2. The van der Waals surface area contributed by atoms with Crippen LogP contribution >= 0.6 is 11.6 Å². The van der Waals surface area contributed by atoms with Crippen LogP contribution in [-0.4, -0.2) is 12.1 Å². The number of hydrogen-bond donors (Lipinski definition) is 2. The van der Waals surface area contributed by atoms with Gasteiger partial charge in [-0.3, -0.25) is 0 Å². The Morgan fingerprint density at radius 3 is 2.78 bits per heavy atom. The van der Waals surface area contributed by atoms with Crippen LogP contribution in [0.15, 0.2) is 30.3 Å². The molecule has 0 aliphatic rings. The number of rotatable bonds is 3. The number of aromatic nitrogens is 1. The molecule has 0 saturated heterocycles. The van der Waals surface area contributed by atoms with Crippen LogP contribution in [0.5, 0.6) is 5.88 Å². The molecule has 1 heterocycles. The Hall–Kier alpha value is -1.94. The van der Waals surface area contributed by atoms with Gasteiger partial charge in [-0.2, -0.15) is 4.98 Å². The maximum absolute atomic E-state index is 6.21. The summed E-state index contributed by atoms with van der Waals surface area (Å²) in [5.74, 6) is 1.03. The average molecular weight is 264 g/mol. The Morgan fingerprint density at radius 1 is 1.28 bits per heavy atom. The number of nitrogens with one attached hydrogen (secondary N) is 1. The summed E-state index contributed by atoms with van der Waals surface area (Å²) in [6.45, 7) is 1.94. The van der Waals surface area contributed by atoms with Gasteiger partial charge in [-0.1, -0.05) is 23.7 Å². The van der Waals surface area contributed by atoms with E-state index in [0.717, 1.165) is 11.3 Å². The number of halogens is 1. The third kappa shape index (κ3) is 2.49. The van der Waals surface area contributed by atoms with Gasteiger partial charge in [0.1, 0.15) is 0 Å². The number of benzene rings is 1. The van der Waals surface area contributed by atoms with Crippen LogP contribution in [0.1, 0.15) is 5.56 Å². The third-order valence-electron chi connectivity index (χ3n) is 2.55. The van der Waals surface area contributed by atoms with Crippen LogP contribution in [-0.2, 0) is 0 Å². The number of ether oxygens (including phenoxy) is 1. The lowest BCUT2D eigenvalue weighted by Gasteiger charge is -2.12. The second kappa shape index (κ2) is 5.14. The first kappa shape index (κ1) is 12.5. The fraction of sp³-hybridized carbons (Fsp3) is 0.154. The molecule has 0 saturated carbocycles. The van der Waals surface area contributed by atoms with E-state index >= 15 is 0 Å². The van der Waals surface area contributed by atoms with E-state index in [9.17, 15) is 0 Å². The molecule has 0 spiro atoms. The first-order chi connectivity index (χ1) is 8.61. The van der Waals surface area contributed by atoms with E-state index in [2.05, 4.69) is 10.3 Å². The molecule has 4 nitrogen and oxygen atoms in total. The Labute approximate surface area is 111 Å². The van der Waals surface area contributed by atoms with Crippen molar-refractivity contribution in [3.63, 3.8) is 0 Å². The molecule has 5 heteroatoms. The standard InChI is InChI=1S/C13H14ClN3O/c1-8-4-3-5-10(12(8)14)16-13-9(15)6-7-11(17-13)18-2/h3-7H,15H2,1-2H3,(H,16,17). The number of methoxy groups -OCH3 is 1. The van der Waals surface area contributed by atoms with Crippen LogP contribution in [0, 0.1) is 6.92 Å². The quantitative estimate of drug-likeness (QED) is 0.891. The van der Waals surface area contributed by atoms with Crippen molar-refractivity contribution in [1.82, 2.24) is 4.98 Å². The predicted molar refractivity (Wildman–Crippen MR) is 74.7 cm³/mol. The molecular weight excluding hydrogens is 250 g/mol. The van der Waals surface area contributed by atoms with Crippen LogP contribution in [0.4, 0.5) is 17.2 Å². The summed E-state index contributed by atoms with van der Waals surface area (Å²) in [6.07, 6.45) is 0. The number of hydrogen-bond acceptors (Lipinski definition) is 4. The van der Waals surface area contributed by atoms with Crippen LogP contribution < -0.4 is 15.8 Å². The van der Waals surface area contributed by atoms with Crippen molar-refractivity contribution in [1.29, 1.82) is 0 Å². The Kier molecular flexibility index (Phi) is 3.58. The zero-order chi connectivity index (χ0) is 13.1. The lowest BCUT2D eigenvalue weighted by molar-refractivity contribution is 0.398. The van der Waals surface area contributed by atoms with Gasteiger partial charge in [0.05, 0.1) is 23.5 Å². The van der Waals surface area contributed by atoms with Gasteiger partial charge in [-0.05, 0) is 24.6 Å². The fourth-order valence-electron chi connectivity index (χ4n) is 1.54. The lowest BCUT2D eigenvalue weighted by Crippen LogP contribution is -2.01. The Balaban J connectivity index is 2.36. The smallest absolute Gasteiger partial charge is 0.215 e. The first-order valence-electron chi connectivity index (χ1n) is 5.44. The first-order valence-corrected chi connectivity index (χ1v) is 5.82. The highest BCUT2D eigenvalue weighted by Gasteiger charge is 2.07. The number of anilines is 3. The molecule has 0 aliphatic heterocycles. The molecule has 0 unspecified atom stereocenters. The van der Waals surface area contributed by atoms with E-state index in [4.69, 9.17) is 22.1 Å². The molecule has 0 fully saturated rings. The Bertz CT molecular complexity index is 572. The van der Waals surface area contributed by atoms with Gasteiger partial charge in [0, 0.05) is 6.07 Å². The zero-order valence-electron chi connectivity index (χ0n) is 10.2. The van der Waals surface area contributed by atoms with Gasteiger partial charge < -0.3 is 15.8 Å². The van der Waals surface area contributed by atoms with Crippen LogP contribution in [0.25, 0.3) is 0 Å². The van der Waals surface area contributed by atoms with Crippen LogP contribution in [0.3, 0.4) is 0 Å². The molecule has 0 bridgehead atoms. The normalized spacial score (nSPS) is 10.2. The maximum Gasteiger partial charge on any atom is 0.215 e. The summed E-state index contributed by atoms with van der Waals surface area (Å²) in [6, 6.07) is 9.17. The molecule has 0 aliphatic carbocycles. The molecule has 0 radical (unpaired) electrons. The summed E-state index contributed by atoms with van der Waals surface area (Å²) in [5.41, 5.74) is 8.15. The van der Waals surface area contributed by atoms with Gasteiger partial charge in [-0.15, -0.1) is 0 Å². The summed E-state index contributed by atoms with van der Waals surface area (Å²) in [4.78, 5) is 4.24. The molecule has 1 aromatic carbocycles. The second-order valence-electron chi connectivity index (χ2n) is 3.85. The highest BCUT2D eigenvalue weighted by atomic mass is 35.5. The molecule has 94 valence electrons. The van der Waals surface area contributed by atoms with Crippen molar-refractivity contribution in [2.24, 2.45) is 0 Å². The van der Waals surface area contributed by atoms with E-state index in [0.29, 0.717) is 22.4 Å². The molecular formula is C13H14ClN3O. The van der Waals surface area contributed by atoms with E-state index in [-0.39, 0.29) is 0 Å².